The number of ether oxygens (including phenoxy) is 1. The molecule has 44 heavy (non-hydrogen) atoms. The summed E-state index contributed by atoms with van der Waals surface area (Å²) in [6.45, 7) is -0.136. The summed E-state index contributed by atoms with van der Waals surface area (Å²) in [5.41, 5.74) is 1.24. The Labute approximate surface area is 258 Å². The lowest BCUT2D eigenvalue weighted by Crippen LogP contribution is -2.58. The fourth-order valence-electron chi connectivity index (χ4n) is 5.09. The monoisotopic (exact) mass is 619 g/mol. The number of amides is 4. The standard InChI is InChI=1S/C30H33N7O6S/c1-35(2)28(40)23-17-44-16-19-7-3-4-8-20(19)30(42)43-15-22(26(38)34-23)33-27(39)24-10-6-13-37(24)29(41)21-9-5-11-25(32-21)36-14-12-31-18-36/h3-5,7-9,11-12,14,18,22-24H,6,10,13,15-17H2,1-2H3,(H,33,39)(H,34,38)/t22-,23-,24+/m1/s1. The topological polar surface area (TPSA) is 156 Å². The normalized spacial score (nSPS) is 20.8. The van der Waals surface area contributed by atoms with E-state index in [1.165, 1.54) is 21.6 Å². The SMILES string of the molecule is CN(C)C(=O)[C@H]1CSCc2ccccc2C(=O)OC[C@@H](NC(=O)[C@@H]2CCCN2C(=O)c2cccc(-n3ccnc3)n2)C(=O)N1. The number of aromatic nitrogens is 3. The van der Waals surface area contributed by atoms with Gasteiger partial charge in [-0.2, -0.15) is 11.8 Å². The molecule has 1 saturated heterocycles. The number of hydrogen-bond acceptors (Lipinski definition) is 9. The molecule has 0 spiro atoms. The van der Waals surface area contributed by atoms with Crippen LogP contribution in [0, 0.1) is 0 Å². The van der Waals surface area contributed by atoms with Gasteiger partial charge in [0.05, 0.1) is 5.56 Å². The molecule has 14 heteroatoms. The van der Waals surface area contributed by atoms with Crippen molar-refractivity contribution in [3.63, 3.8) is 0 Å². The van der Waals surface area contributed by atoms with Gasteiger partial charge in [0.15, 0.2) is 0 Å². The zero-order chi connectivity index (χ0) is 31.2. The first kappa shape index (κ1) is 30.7. The summed E-state index contributed by atoms with van der Waals surface area (Å²) in [4.78, 5) is 77.7. The second-order valence-corrected chi connectivity index (χ2v) is 11.7. The van der Waals surface area contributed by atoms with E-state index in [9.17, 15) is 24.0 Å². The number of fused-ring (bicyclic) bond motifs is 1. The molecular weight excluding hydrogens is 586 g/mol. The Kier molecular flexibility index (Phi) is 9.58. The van der Waals surface area contributed by atoms with Crippen molar-refractivity contribution in [2.75, 3.05) is 33.0 Å². The number of nitrogens with zero attached hydrogens (tertiary/aromatic N) is 5. The molecule has 2 aliphatic rings. The van der Waals surface area contributed by atoms with Crippen molar-refractivity contribution < 1.29 is 28.7 Å². The quantitative estimate of drug-likeness (QED) is 0.399. The molecular formula is C30H33N7O6S. The van der Waals surface area contributed by atoms with Crippen LogP contribution in [0.3, 0.4) is 0 Å². The lowest BCUT2D eigenvalue weighted by atomic mass is 10.1. The van der Waals surface area contributed by atoms with E-state index in [-0.39, 0.29) is 17.4 Å². The molecule has 3 atom stereocenters. The minimum atomic E-state index is -1.30. The van der Waals surface area contributed by atoms with Crippen LogP contribution < -0.4 is 10.6 Å². The zero-order valence-corrected chi connectivity index (χ0v) is 25.2. The molecule has 4 amide bonds. The van der Waals surface area contributed by atoms with Crippen molar-refractivity contribution in [2.24, 2.45) is 0 Å². The molecule has 2 aliphatic heterocycles. The van der Waals surface area contributed by atoms with E-state index in [1.807, 2.05) is 12.1 Å². The molecule has 0 saturated carbocycles. The average Bonchev–Trinajstić information content (AvgIpc) is 3.75. The van der Waals surface area contributed by atoms with Crippen molar-refractivity contribution in [1.82, 2.24) is 35.0 Å². The van der Waals surface area contributed by atoms with Crippen molar-refractivity contribution in [3.05, 3.63) is 78.0 Å². The highest BCUT2D eigenvalue weighted by molar-refractivity contribution is 7.98. The summed E-state index contributed by atoms with van der Waals surface area (Å²) in [6.07, 6.45) is 5.82. The average molecular weight is 620 g/mol. The van der Waals surface area contributed by atoms with Crippen molar-refractivity contribution in [3.8, 4) is 5.82 Å². The molecule has 4 heterocycles. The molecule has 230 valence electrons. The van der Waals surface area contributed by atoms with Crippen LogP contribution in [0.2, 0.25) is 0 Å². The van der Waals surface area contributed by atoms with Crippen LogP contribution in [0.5, 0.6) is 0 Å². The van der Waals surface area contributed by atoms with Gasteiger partial charge in [-0.15, -0.1) is 0 Å². The van der Waals surface area contributed by atoms with E-state index in [0.29, 0.717) is 36.5 Å². The minimum absolute atomic E-state index is 0.162. The van der Waals surface area contributed by atoms with Gasteiger partial charge in [-0.05, 0) is 36.6 Å². The second kappa shape index (κ2) is 13.7. The number of benzene rings is 1. The first-order valence-electron chi connectivity index (χ1n) is 14.1. The summed E-state index contributed by atoms with van der Waals surface area (Å²) in [7, 11) is 3.19. The molecule has 0 unspecified atom stereocenters. The fourth-order valence-corrected chi connectivity index (χ4v) is 6.14. The Hall–Kier alpha value is -4.72. The van der Waals surface area contributed by atoms with Gasteiger partial charge < -0.3 is 25.2 Å². The lowest BCUT2D eigenvalue weighted by molar-refractivity contribution is -0.136. The summed E-state index contributed by atoms with van der Waals surface area (Å²) >= 11 is 1.39. The molecule has 1 fully saturated rings. The minimum Gasteiger partial charge on any atom is -0.459 e. The van der Waals surface area contributed by atoms with E-state index in [0.717, 1.165) is 5.56 Å². The summed E-state index contributed by atoms with van der Waals surface area (Å²) in [5, 5.41) is 5.40. The Bertz CT molecular complexity index is 1550. The molecule has 0 bridgehead atoms. The highest BCUT2D eigenvalue weighted by atomic mass is 32.2. The number of carbonyl (C=O) groups excluding carboxylic acids is 5. The largest absolute Gasteiger partial charge is 0.459 e. The van der Waals surface area contributed by atoms with E-state index in [4.69, 9.17) is 4.74 Å². The van der Waals surface area contributed by atoms with Gasteiger partial charge in [0.25, 0.3) is 5.91 Å². The van der Waals surface area contributed by atoms with Gasteiger partial charge >= 0.3 is 5.97 Å². The van der Waals surface area contributed by atoms with Gasteiger partial charge in [0.2, 0.25) is 17.7 Å². The van der Waals surface area contributed by atoms with Crippen LogP contribution in [0.4, 0.5) is 0 Å². The molecule has 2 aromatic heterocycles. The van der Waals surface area contributed by atoms with Gasteiger partial charge in [-0.3, -0.25) is 23.7 Å². The molecule has 1 aromatic carbocycles. The van der Waals surface area contributed by atoms with Gasteiger partial charge in [0, 0.05) is 44.5 Å². The van der Waals surface area contributed by atoms with Crippen LogP contribution in [-0.2, 0) is 24.9 Å². The first-order chi connectivity index (χ1) is 21.2. The van der Waals surface area contributed by atoms with Crippen LogP contribution >= 0.6 is 11.8 Å². The fraction of sp³-hybridized carbons (Fsp3) is 0.367. The number of pyridine rings is 1. The summed E-state index contributed by atoms with van der Waals surface area (Å²) < 4.78 is 7.17. The number of nitrogens with one attached hydrogen (secondary N) is 2. The summed E-state index contributed by atoms with van der Waals surface area (Å²) in [6, 6.07) is 8.93. The second-order valence-electron chi connectivity index (χ2n) is 10.6. The Morgan fingerprint density at radius 1 is 1.11 bits per heavy atom. The number of likely N-dealkylation sites (N-methyl/N-ethyl adjacent to an activating group) is 1. The molecule has 0 aliphatic carbocycles. The van der Waals surface area contributed by atoms with Crippen molar-refractivity contribution in [2.45, 2.75) is 36.7 Å². The predicted molar refractivity (Wildman–Crippen MR) is 161 cm³/mol. The van der Waals surface area contributed by atoms with E-state index in [2.05, 4.69) is 20.6 Å². The highest BCUT2D eigenvalue weighted by Crippen LogP contribution is 2.22. The third-order valence-corrected chi connectivity index (χ3v) is 8.47. The molecule has 5 rings (SSSR count). The lowest BCUT2D eigenvalue weighted by Gasteiger charge is -2.28. The highest BCUT2D eigenvalue weighted by Gasteiger charge is 2.38. The van der Waals surface area contributed by atoms with Gasteiger partial charge in [-0.25, -0.2) is 14.8 Å². The molecule has 0 radical (unpaired) electrons. The number of thioether (sulfide) groups is 1. The van der Waals surface area contributed by atoms with Gasteiger partial charge in [0.1, 0.15) is 42.6 Å². The smallest absolute Gasteiger partial charge is 0.338 e. The number of hydrogen-bond donors (Lipinski definition) is 2. The number of likely N-dealkylation sites (tertiary alicyclic amines) is 1. The molecule has 3 aromatic rings. The zero-order valence-electron chi connectivity index (χ0n) is 24.3. The van der Waals surface area contributed by atoms with Crippen LogP contribution in [0.15, 0.2) is 61.2 Å². The maximum absolute atomic E-state index is 13.6. The Morgan fingerprint density at radius 2 is 1.93 bits per heavy atom. The van der Waals surface area contributed by atoms with E-state index < -0.39 is 48.4 Å². The van der Waals surface area contributed by atoms with Crippen LogP contribution in [0.25, 0.3) is 5.82 Å². The Balaban J connectivity index is 1.35. The third kappa shape index (κ3) is 6.91. The van der Waals surface area contributed by atoms with Crippen LogP contribution in [0.1, 0.15) is 39.3 Å². The molecule has 2 N–H and O–H groups in total. The summed E-state index contributed by atoms with van der Waals surface area (Å²) in [5.74, 6) is -1.42. The van der Waals surface area contributed by atoms with Crippen LogP contribution in [-0.4, -0.2) is 105 Å². The van der Waals surface area contributed by atoms with E-state index >= 15 is 0 Å². The maximum Gasteiger partial charge on any atom is 0.338 e. The number of rotatable bonds is 5. The van der Waals surface area contributed by atoms with Crippen molar-refractivity contribution in [1.29, 1.82) is 0 Å². The number of cyclic esters (lactones) is 1. The third-order valence-electron chi connectivity index (χ3n) is 7.39. The number of carbonyl (C=O) groups is 5. The van der Waals surface area contributed by atoms with Crippen molar-refractivity contribution >= 4 is 41.4 Å². The molecule has 13 nitrogen and oxygen atoms in total. The number of imidazole rings is 1. The first-order valence-corrected chi connectivity index (χ1v) is 15.3. The van der Waals surface area contributed by atoms with E-state index in [1.54, 1.807) is 67.7 Å². The number of esters is 1. The Morgan fingerprint density at radius 3 is 2.70 bits per heavy atom. The van der Waals surface area contributed by atoms with Gasteiger partial charge in [-0.1, -0.05) is 24.3 Å². The maximum atomic E-state index is 13.6. The predicted octanol–water partition coefficient (Wildman–Crippen LogP) is 1.03.